The maximum Gasteiger partial charge on any atom is 0.0403 e. The number of hydrogen-bond donors (Lipinski definition) is 1. The van der Waals surface area contributed by atoms with Gasteiger partial charge in [-0.2, -0.15) is 0 Å². The second-order valence-corrected chi connectivity index (χ2v) is 6.24. The van der Waals surface area contributed by atoms with Gasteiger partial charge in [0.2, 0.25) is 0 Å². The first-order valence-electron chi connectivity index (χ1n) is 6.97. The van der Waals surface area contributed by atoms with Gasteiger partial charge < -0.3 is 5.32 Å². The molecule has 0 saturated heterocycles. The van der Waals surface area contributed by atoms with E-state index >= 15 is 0 Å². The summed E-state index contributed by atoms with van der Waals surface area (Å²) in [4.78, 5) is 4.15. The Hall–Kier alpha value is -1.87. The fourth-order valence-electron chi connectivity index (χ4n) is 2.62. The highest BCUT2D eigenvalue weighted by Crippen LogP contribution is 2.26. The molecule has 21 heavy (non-hydrogen) atoms. The lowest BCUT2D eigenvalue weighted by atomic mass is 10.1. The third-order valence-corrected chi connectivity index (χ3v) is 4.13. The largest absolute Gasteiger partial charge is 0.381 e. The lowest BCUT2D eigenvalue weighted by molar-refractivity contribution is 1.13. The van der Waals surface area contributed by atoms with Crippen molar-refractivity contribution >= 4 is 32.4 Å². The third kappa shape index (κ3) is 3.08. The second kappa shape index (κ2) is 5.86. The van der Waals surface area contributed by atoms with E-state index in [1.54, 1.807) is 0 Å². The van der Waals surface area contributed by atoms with Gasteiger partial charge in [0.15, 0.2) is 0 Å². The molecule has 0 unspecified atom stereocenters. The molecule has 0 aliphatic heterocycles. The van der Waals surface area contributed by atoms with E-state index in [0.29, 0.717) is 0 Å². The Morgan fingerprint density at radius 3 is 2.52 bits per heavy atom. The minimum absolute atomic E-state index is 0.821. The van der Waals surface area contributed by atoms with Crippen LogP contribution in [0.15, 0.2) is 53.3 Å². The molecule has 2 aromatic carbocycles. The first-order chi connectivity index (χ1) is 10.1. The van der Waals surface area contributed by atoms with E-state index in [4.69, 9.17) is 0 Å². The van der Waals surface area contributed by atoms with E-state index in [2.05, 4.69) is 76.5 Å². The van der Waals surface area contributed by atoms with Crippen LogP contribution in [-0.2, 0) is 6.54 Å². The summed E-state index contributed by atoms with van der Waals surface area (Å²) >= 11 is 3.54. The van der Waals surface area contributed by atoms with E-state index in [1.807, 2.05) is 12.4 Å². The predicted molar refractivity (Wildman–Crippen MR) is 92.7 cm³/mol. The van der Waals surface area contributed by atoms with Gasteiger partial charge in [-0.1, -0.05) is 28.1 Å². The summed E-state index contributed by atoms with van der Waals surface area (Å²) in [5.41, 5.74) is 5.00. The number of aryl methyl sites for hydroxylation is 2. The van der Waals surface area contributed by atoms with E-state index in [0.717, 1.165) is 11.0 Å². The van der Waals surface area contributed by atoms with Crippen LogP contribution in [0, 0.1) is 13.8 Å². The molecule has 106 valence electrons. The van der Waals surface area contributed by atoms with E-state index < -0.39 is 0 Å². The molecule has 0 amide bonds. The van der Waals surface area contributed by atoms with Crippen molar-refractivity contribution in [3.05, 3.63) is 70.0 Å². The van der Waals surface area contributed by atoms with Crippen LogP contribution >= 0.6 is 15.9 Å². The summed E-state index contributed by atoms with van der Waals surface area (Å²) in [6.45, 7) is 5.08. The fourth-order valence-corrected chi connectivity index (χ4v) is 3.31. The maximum atomic E-state index is 4.15. The lowest BCUT2D eigenvalue weighted by Gasteiger charge is -2.14. The number of anilines is 1. The number of pyridine rings is 1. The normalized spacial score (nSPS) is 10.8. The molecule has 3 heteroatoms. The summed E-state index contributed by atoms with van der Waals surface area (Å²) in [5, 5.41) is 5.96. The highest BCUT2D eigenvalue weighted by Gasteiger charge is 2.04. The Kier molecular flexibility index (Phi) is 3.93. The summed E-state index contributed by atoms with van der Waals surface area (Å²) in [5.74, 6) is 0. The van der Waals surface area contributed by atoms with Gasteiger partial charge in [0.1, 0.15) is 0 Å². The summed E-state index contributed by atoms with van der Waals surface area (Å²) in [7, 11) is 0. The molecule has 3 rings (SSSR count). The fraction of sp³-hybridized carbons (Fsp3) is 0.167. The monoisotopic (exact) mass is 340 g/mol. The zero-order valence-electron chi connectivity index (χ0n) is 12.2. The van der Waals surface area contributed by atoms with Crippen molar-refractivity contribution in [1.29, 1.82) is 0 Å². The molecule has 1 aromatic heterocycles. The SMILES string of the molecule is Cc1cc(Br)cc(C)c1NCc1ccc2cnccc2c1. The van der Waals surface area contributed by atoms with Crippen molar-refractivity contribution < 1.29 is 0 Å². The first-order valence-corrected chi connectivity index (χ1v) is 7.76. The van der Waals surface area contributed by atoms with Crippen molar-refractivity contribution in [3.63, 3.8) is 0 Å². The number of halogens is 1. The third-order valence-electron chi connectivity index (χ3n) is 3.67. The van der Waals surface area contributed by atoms with Gasteiger partial charge in [0.25, 0.3) is 0 Å². The molecule has 1 heterocycles. The van der Waals surface area contributed by atoms with Gasteiger partial charge in [-0.25, -0.2) is 0 Å². The van der Waals surface area contributed by atoms with Crippen LogP contribution in [0.1, 0.15) is 16.7 Å². The Morgan fingerprint density at radius 2 is 1.76 bits per heavy atom. The van der Waals surface area contributed by atoms with Gasteiger partial charge in [0, 0.05) is 34.5 Å². The maximum absolute atomic E-state index is 4.15. The molecule has 0 bridgehead atoms. The zero-order chi connectivity index (χ0) is 14.8. The predicted octanol–water partition coefficient (Wildman–Crippen LogP) is 5.23. The van der Waals surface area contributed by atoms with Crippen LogP contribution < -0.4 is 5.32 Å². The summed E-state index contributed by atoms with van der Waals surface area (Å²) in [6, 6.07) is 12.8. The molecular formula is C18H17BrN2. The quantitative estimate of drug-likeness (QED) is 0.706. The minimum Gasteiger partial charge on any atom is -0.381 e. The number of nitrogens with zero attached hydrogens (tertiary/aromatic N) is 1. The smallest absolute Gasteiger partial charge is 0.0403 e. The molecule has 0 radical (unpaired) electrons. The van der Waals surface area contributed by atoms with Crippen LogP contribution in [0.3, 0.4) is 0 Å². The van der Waals surface area contributed by atoms with Gasteiger partial charge in [-0.15, -0.1) is 0 Å². The Balaban J connectivity index is 1.83. The topological polar surface area (TPSA) is 24.9 Å². The van der Waals surface area contributed by atoms with Crippen LogP contribution in [-0.4, -0.2) is 4.98 Å². The van der Waals surface area contributed by atoms with Crippen LogP contribution in [0.5, 0.6) is 0 Å². The number of hydrogen-bond acceptors (Lipinski definition) is 2. The van der Waals surface area contributed by atoms with Crippen molar-refractivity contribution in [2.24, 2.45) is 0 Å². The van der Waals surface area contributed by atoms with Crippen LogP contribution in [0.25, 0.3) is 10.8 Å². The molecule has 0 aliphatic carbocycles. The van der Waals surface area contributed by atoms with Crippen LogP contribution in [0.4, 0.5) is 5.69 Å². The van der Waals surface area contributed by atoms with E-state index in [9.17, 15) is 0 Å². The molecule has 0 atom stereocenters. The van der Waals surface area contributed by atoms with Gasteiger partial charge in [0.05, 0.1) is 0 Å². The molecule has 1 N–H and O–H groups in total. The highest BCUT2D eigenvalue weighted by atomic mass is 79.9. The minimum atomic E-state index is 0.821. The van der Waals surface area contributed by atoms with Gasteiger partial charge in [-0.3, -0.25) is 4.98 Å². The molecule has 0 saturated carbocycles. The number of aromatic nitrogens is 1. The summed E-state index contributed by atoms with van der Waals surface area (Å²) in [6.07, 6.45) is 3.73. The number of nitrogens with one attached hydrogen (secondary N) is 1. The number of benzene rings is 2. The highest BCUT2D eigenvalue weighted by molar-refractivity contribution is 9.10. The Labute approximate surface area is 133 Å². The molecule has 0 spiro atoms. The Morgan fingerprint density at radius 1 is 1.00 bits per heavy atom. The molecule has 3 aromatic rings. The summed E-state index contributed by atoms with van der Waals surface area (Å²) < 4.78 is 1.13. The molecule has 2 nitrogen and oxygen atoms in total. The van der Waals surface area contributed by atoms with Crippen molar-refractivity contribution in [2.45, 2.75) is 20.4 Å². The van der Waals surface area contributed by atoms with E-state index in [-0.39, 0.29) is 0 Å². The van der Waals surface area contributed by atoms with Crippen LogP contribution in [0.2, 0.25) is 0 Å². The standard InChI is InChI=1S/C18H17BrN2/c1-12-7-17(19)8-13(2)18(12)21-10-14-3-4-16-11-20-6-5-15(16)9-14/h3-9,11,21H,10H2,1-2H3. The second-order valence-electron chi connectivity index (χ2n) is 5.33. The van der Waals surface area contributed by atoms with Gasteiger partial charge in [-0.05, 0) is 60.2 Å². The average Bonchev–Trinajstić information content (AvgIpc) is 2.46. The first kappa shape index (κ1) is 14.1. The number of rotatable bonds is 3. The zero-order valence-corrected chi connectivity index (χ0v) is 13.7. The molecular weight excluding hydrogens is 324 g/mol. The van der Waals surface area contributed by atoms with E-state index in [1.165, 1.54) is 33.2 Å². The van der Waals surface area contributed by atoms with Crippen molar-refractivity contribution in [3.8, 4) is 0 Å². The average molecular weight is 341 g/mol. The molecule has 0 aliphatic rings. The lowest BCUT2D eigenvalue weighted by Crippen LogP contribution is -2.03. The number of fused-ring (bicyclic) bond motifs is 1. The van der Waals surface area contributed by atoms with Crippen molar-refractivity contribution in [2.75, 3.05) is 5.32 Å². The van der Waals surface area contributed by atoms with Gasteiger partial charge >= 0.3 is 0 Å². The molecule has 0 fully saturated rings. The van der Waals surface area contributed by atoms with Crippen molar-refractivity contribution in [1.82, 2.24) is 4.98 Å². The Bertz CT molecular complexity index is 773.